The van der Waals surface area contributed by atoms with Crippen LogP contribution in [0.2, 0.25) is 0 Å². The standard InChI is InChI=1S/C22H30N4O3/c1-29-15-14-26-21(27)11-10-20(24-26)22(28)23-16-18-6-8-19(9-7-18)17-25-12-4-2-3-5-13-25/h6-11H,2-5,12-17H2,1H3,(H,23,28). The van der Waals surface area contributed by atoms with E-state index in [1.807, 2.05) is 0 Å². The maximum atomic E-state index is 12.4. The minimum Gasteiger partial charge on any atom is -0.383 e. The van der Waals surface area contributed by atoms with Gasteiger partial charge in [0.1, 0.15) is 5.69 Å². The lowest BCUT2D eigenvalue weighted by Crippen LogP contribution is -2.30. The van der Waals surface area contributed by atoms with Crippen molar-refractivity contribution >= 4 is 5.91 Å². The predicted molar refractivity (Wildman–Crippen MR) is 112 cm³/mol. The Hall–Kier alpha value is -2.51. The summed E-state index contributed by atoms with van der Waals surface area (Å²) < 4.78 is 6.21. The molecule has 156 valence electrons. The molecule has 1 N–H and O–H groups in total. The van der Waals surface area contributed by atoms with Gasteiger partial charge >= 0.3 is 0 Å². The first kappa shape index (κ1) is 21.2. The van der Waals surface area contributed by atoms with Crippen molar-refractivity contribution in [1.29, 1.82) is 0 Å². The number of methoxy groups -OCH3 is 1. The Morgan fingerprint density at radius 3 is 2.41 bits per heavy atom. The molecule has 7 heteroatoms. The van der Waals surface area contributed by atoms with Crippen LogP contribution >= 0.6 is 0 Å². The molecule has 0 aliphatic carbocycles. The van der Waals surface area contributed by atoms with Crippen LogP contribution in [0.5, 0.6) is 0 Å². The third-order valence-corrected chi connectivity index (χ3v) is 5.19. The average molecular weight is 399 g/mol. The third kappa shape index (κ3) is 6.51. The minimum atomic E-state index is -0.301. The number of aromatic nitrogens is 2. The number of likely N-dealkylation sites (tertiary alicyclic amines) is 1. The van der Waals surface area contributed by atoms with Crippen LogP contribution < -0.4 is 10.9 Å². The Balaban J connectivity index is 1.53. The molecule has 1 aromatic heterocycles. The van der Waals surface area contributed by atoms with Gasteiger partial charge in [0.05, 0.1) is 13.2 Å². The van der Waals surface area contributed by atoms with E-state index in [1.165, 1.54) is 61.2 Å². The number of nitrogens with one attached hydrogen (secondary N) is 1. The topological polar surface area (TPSA) is 76.5 Å². The fraction of sp³-hybridized carbons (Fsp3) is 0.500. The van der Waals surface area contributed by atoms with Crippen molar-refractivity contribution in [2.24, 2.45) is 0 Å². The highest BCUT2D eigenvalue weighted by Gasteiger charge is 2.11. The zero-order valence-electron chi connectivity index (χ0n) is 17.1. The van der Waals surface area contributed by atoms with Crippen molar-refractivity contribution in [3.8, 4) is 0 Å². The van der Waals surface area contributed by atoms with Gasteiger partial charge in [-0.2, -0.15) is 5.10 Å². The quantitative estimate of drug-likeness (QED) is 0.738. The molecule has 3 rings (SSSR count). The number of carbonyl (C=O) groups excluding carboxylic acids is 1. The molecule has 29 heavy (non-hydrogen) atoms. The van der Waals surface area contributed by atoms with Crippen LogP contribution in [0.3, 0.4) is 0 Å². The van der Waals surface area contributed by atoms with Crippen LogP contribution in [0.4, 0.5) is 0 Å². The summed E-state index contributed by atoms with van der Waals surface area (Å²) >= 11 is 0. The Bertz CT molecular complexity index is 840. The van der Waals surface area contributed by atoms with Crippen LogP contribution in [0, 0.1) is 0 Å². The van der Waals surface area contributed by atoms with Crippen LogP contribution in [0.25, 0.3) is 0 Å². The molecule has 1 aliphatic heterocycles. The van der Waals surface area contributed by atoms with Crippen molar-refractivity contribution in [2.75, 3.05) is 26.8 Å². The Morgan fingerprint density at radius 1 is 1.03 bits per heavy atom. The lowest BCUT2D eigenvalue weighted by molar-refractivity contribution is 0.0942. The molecule has 0 unspecified atom stereocenters. The van der Waals surface area contributed by atoms with Crippen LogP contribution in [0.15, 0.2) is 41.2 Å². The number of benzene rings is 1. The van der Waals surface area contributed by atoms with E-state index in [-0.39, 0.29) is 17.2 Å². The van der Waals surface area contributed by atoms with Gasteiger partial charge in [0, 0.05) is 26.3 Å². The minimum absolute atomic E-state index is 0.221. The number of amides is 1. The van der Waals surface area contributed by atoms with E-state index in [0.717, 1.165) is 12.1 Å². The van der Waals surface area contributed by atoms with Crippen molar-refractivity contribution in [1.82, 2.24) is 20.0 Å². The summed E-state index contributed by atoms with van der Waals surface area (Å²) in [5, 5.41) is 6.98. The summed E-state index contributed by atoms with van der Waals surface area (Å²) in [5.74, 6) is -0.301. The largest absolute Gasteiger partial charge is 0.383 e. The number of hydrogen-bond donors (Lipinski definition) is 1. The zero-order chi connectivity index (χ0) is 20.5. The van der Waals surface area contributed by atoms with E-state index in [0.29, 0.717) is 19.7 Å². The first-order valence-electron chi connectivity index (χ1n) is 10.3. The molecule has 1 fully saturated rings. The Labute approximate surface area is 171 Å². The molecule has 2 heterocycles. The highest BCUT2D eigenvalue weighted by molar-refractivity contribution is 5.91. The van der Waals surface area contributed by atoms with Crippen molar-refractivity contribution in [2.45, 2.75) is 45.3 Å². The first-order valence-corrected chi connectivity index (χ1v) is 10.3. The van der Waals surface area contributed by atoms with Gasteiger partial charge in [-0.3, -0.25) is 14.5 Å². The Morgan fingerprint density at radius 2 is 1.72 bits per heavy atom. The fourth-order valence-corrected chi connectivity index (χ4v) is 3.50. The third-order valence-electron chi connectivity index (χ3n) is 5.19. The van der Waals surface area contributed by atoms with Gasteiger partial charge in [0.25, 0.3) is 11.5 Å². The van der Waals surface area contributed by atoms with Gasteiger partial charge < -0.3 is 10.1 Å². The summed E-state index contributed by atoms with van der Waals surface area (Å²) in [6.45, 7) is 4.44. The fourth-order valence-electron chi connectivity index (χ4n) is 3.50. The van der Waals surface area contributed by atoms with Gasteiger partial charge in [-0.1, -0.05) is 37.1 Å². The molecule has 0 saturated carbocycles. The molecule has 0 radical (unpaired) electrons. The molecule has 0 bridgehead atoms. The lowest BCUT2D eigenvalue weighted by atomic mass is 10.1. The molecule has 1 amide bonds. The van der Waals surface area contributed by atoms with Gasteiger partial charge in [-0.15, -0.1) is 0 Å². The molecule has 0 spiro atoms. The van der Waals surface area contributed by atoms with E-state index in [1.54, 1.807) is 7.11 Å². The molecule has 1 saturated heterocycles. The summed E-state index contributed by atoms with van der Waals surface area (Å²) in [6, 6.07) is 11.2. The smallest absolute Gasteiger partial charge is 0.271 e. The molecular formula is C22H30N4O3. The molecular weight excluding hydrogens is 368 g/mol. The van der Waals surface area contributed by atoms with Gasteiger partial charge in [-0.25, -0.2) is 4.68 Å². The number of hydrogen-bond acceptors (Lipinski definition) is 5. The first-order chi connectivity index (χ1) is 14.2. The zero-order valence-corrected chi connectivity index (χ0v) is 17.1. The monoisotopic (exact) mass is 398 g/mol. The Kier molecular flexibility index (Phi) is 7.95. The molecule has 1 aliphatic rings. The molecule has 7 nitrogen and oxygen atoms in total. The second-order valence-electron chi connectivity index (χ2n) is 7.46. The number of nitrogens with zero attached hydrogens (tertiary/aromatic N) is 3. The summed E-state index contributed by atoms with van der Waals surface area (Å²) in [5.41, 5.74) is 2.30. The van der Waals surface area contributed by atoms with Crippen LogP contribution in [-0.4, -0.2) is 47.4 Å². The van der Waals surface area contributed by atoms with Gasteiger partial charge in [0.2, 0.25) is 0 Å². The summed E-state index contributed by atoms with van der Waals surface area (Å²) in [7, 11) is 1.56. The van der Waals surface area contributed by atoms with E-state index in [4.69, 9.17) is 4.74 Å². The van der Waals surface area contributed by atoms with Gasteiger partial charge in [0.15, 0.2) is 0 Å². The summed E-state index contributed by atoms with van der Waals surface area (Å²) in [6.07, 6.45) is 5.26. The summed E-state index contributed by atoms with van der Waals surface area (Å²) in [4.78, 5) is 26.7. The van der Waals surface area contributed by atoms with Crippen molar-refractivity contribution < 1.29 is 9.53 Å². The number of rotatable bonds is 8. The number of carbonyl (C=O) groups is 1. The van der Waals surface area contributed by atoms with Crippen LogP contribution in [0.1, 0.15) is 47.3 Å². The van der Waals surface area contributed by atoms with Crippen molar-refractivity contribution in [3.05, 3.63) is 63.6 Å². The highest BCUT2D eigenvalue weighted by atomic mass is 16.5. The maximum absolute atomic E-state index is 12.4. The van der Waals surface area contributed by atoms with E-state index in [2.05, 4.69) is 39.6 Å². The molecule has 0 atom stereocenters. The normalized spacial score (nSPS) is 15.1. The van der Waals surface area contributed by atoms with Crippen LogP contribution in [-0.2, 0) is 24.4 Å². The van der Waals surface area contributed by atoms with E-state index >= 15 is 0 Å². The second kappa shape index (κ2) is 10.9. The number of ether oxygens (including phenoxy) is 1. The average Bonchev–Trinajstić information content (AvgIpc) is 3.01. The van der Waals surface area contributed by atoms with E-state index in [9.17, 15) is 9.59 Å². The van der Waals surface area contributed by atoms with E-state index < -0.39 is 0 Å². The second-order valence-corrected chi connectivity index (χ2v) is 7.46. The van der Waals surface area contributed by atoms with Gasteiger partial charge in [-0.05, 0) is 43.1 Å². The highest BCUT2D eigenvalue weighted by Crippen LogP contribution is 2.14. The maximum Gasteiger partial charge on any atom is 0.271 e. The molecule has 2 aromatic rings. The predicted octanol–water partition coefficient (Wildman–Crippen LogP) is 2.20. The lowest BCUT2D eigenvalue weighted by Gasteiger charge is -2.19. The van der Waals surface area contributed by atoms with Crippen molar-refractivity contribution in [3.63, 3.8) is 0 Å². The molecule has 1 aromatic carbocycles. The SMILES string of the molecule is COCCn1nc(C(=O)NCc2ccc(CN3CCCCCC3)cc2)ccc1=O.